The molecule has 1 saturated heterocycles. The molecule has 1 heterocycles. The van der Waals surface area contributed by atoms with Gasteiger partial charge in [0.2, 0.25) is 0 Å². The molecule has 0 radical (unpaired) electrons. The van der Waals surface area contributed by atoms with Crippen LogP contribution in [-0.4, -0.2) is 29.7 Å². The first-order valence-corrected chi connectivity index (χ1v) is 6.03. The van der Waals surface area contributed by atoms with E-state index in [-0.39, 0.29) is 12.2 Å². The maximum absolute atomic E-state index is 13.7. The smallest absolute Gasteiger partial charge is 0.131 e. The lowest BCUT2D eigenvalue weighted by molar-refractivity contribution is 0.0992. The molecule has 94 valence electrons. The number of hydrogen-bond donors (Lipinski definition) is 1. The van der Waals surface area contributed by atoms with Crippen molar-refractivity contribution >= 4 is 0 Å². The Morgan fingerprint density at radius 3 is 2.24 bits per heavy atom. The molecule has 1 aliphatic rings. The highest BCUT2D eigenvalue weighted by atomic mass is 19.1. The quantitative estimate of drug-likeness (QED) is 0.878. The van der Waals surface area contributed by atoms with Gasteiger partial charge in [0.05, 0.1) is 12.6 Å². The highest BCUT2D eigenvalue weighted by molar-refractivity contribution is 5.23. The van der Waals surface area contributed by atoms with Gasteiger partial charge in [-0.15, -0.1) is 0 Å². The van der Waals surface area contributed by atoms with Crippen molar-refractivity contribution in [2.45, 2.75) is 25.3 Å². The molecule has 2 rings (SSSR count). The maximum Gasteiger partial charge on any atom is 0.131 e. The summed E-state index contributed by atoms with van der Waals surface area (Å²) in [4.78, 5) is 1.96. The van der Waals surface area contributed by atoms with E-state index in [4.69, 9.17) is 0 Å². The van der Waals surface area contributed by atoms with Crippen molar-refractivity contribution in [1.82, 2.24) is 4.90 Å². The highest BCUT2D eigenvalue weighted by Gasteiger charge is 2.26. The minimum absolute atomic E-state index is 0.00287. The van der Waals surface area contributed by atoms with Crippen molar-refractivity contribution in [2.75, 3.05) is 19.7 Å². The van der Waals surface area contributed by atoms with E-state index in [0.29, 0.717) is 0 Å². The summed E-state index contributed by atoms with van der Waals surface area (Å²) in [7, 11) is 0. The summed E-state index contributed by atoms with van der Waals surface area (Å²) < 4.78 is 27.3. The van der Waals surface area contributed by atoms with Gasteiger partial charge in [-0.2, -0.15) is 0 Å². The molecule has 2 nitrogen and oxygen atoms in total. The average molecular weight is 241 g/mol. The summed E-state index contributed by atoms with van der Waals surface area (Å²) >= 11 is 0. The molecule has 0 aromatic heterocycles. The number of hydrogen-bond acceptors (Lipinski definition) is 2. The fraction of sp³-hybridized carbons (Fsp3) is 0.538. The predicted octanol–water partition coefficient (Wildman–Crippen LogP) is 2.48. The zero-order valence-corrected chi connectivity index (χ0v) is 9.70. The van der Waals surface area contributed by atoms with Crippen molar-refractivity contribution in [3.8, 4) is 0 Å². The molecule has 0 unspecified atom stereocenters. The Morgan fingerprint density at radius 2 is 1.71 bits per heavy atom. The molecule has 0 saturated carbocycles. The van der Waals surface area contributed by atoms with Crippen LogP contribution in [0.3, 0.4) is 0 Å². The van der Waals surface area contributed by atoms with Crippen LogP contribution in [-0.2, 0) is 0 Å². The molecular formula is C13H17F2NO. The lowest BCUT2D eigenvalue weighted by Gasteiger charge is -2.33. The van der Waals surface area contributed by atoms with E-state index in [1.165, 1.54) is 18.2 Å². The summed E-state index contributed by atoms with van der Waals surface area (Å²) in [5.41, 5.74) is -0.00287. The molecule has 1 aliphatic heterocycles. The highest BCUT2D eigenvalue weighted by Crippen LogP contribution is 2.28. The van der Waals surface area contributed by atoms with Crippen LogP contribution in [0.2, 0.25) is 0 Å². The molecule has 17 heavy (non-hydrogen) atoms. The maximum atomic E-state index is 13.7. The van der Waals surface area contributed by atoms with Crippen LogP contribution < -0.4 is 0 Å². The number of aliphatic hydroxyl groups is 1. The third kappa shape index (κ3) is 2.64. The summed E-state index contributed by atoms with van der Waals surface area (Å²) in [5, 5.41) is 9.41. The van der Waals surface area contributed by atoms with Crippen LogP contribution in [0, 0.1) is 11.6 Å². The van der Waals surface area contributed by atoms with Gasteiger partial charge in [-0.3, -0.25) is 4.90 Å². The number of likely N-dealkylation sites (tertiary alicyclic amines) is 1. The molecule has 1 N–H and O–H groups in total. The van der Waals surface area contributed by atoms with Crippen LogP contribution in [0.4, 0.5) is 8.78 Å². The first kappa shape index (κ1) is 12.5. The first-order chi connectivity index (χ1) is 8.24. The Balaban J connectivity index is 2.27. The van der Waals surface area contributed by atoms with Gasteiger partial charge in [0.15, 0.2) is 0 Å². The molecule has 1 aromatic rings. The Kier molecular flexibility index (Phi) is 4.07. The third-order valence-corrected chi connectivity index (χ3v) is 3.34. The van der Waals surface area contributed by atoms with Crippen LogP contribution in [0.1, 0.15) is 30.9 Å². The minimum atomic E-state index is -0.574. The van der Waals surface area contributed by atoms with Crippen molar-refractivity contribution < 1.29 is 13.9 Å². The van der Waals surface area contributed by atoms with Crippen molar-refractivity contribution in [3.05, 3.63) is 35.4 Å². The standard InChI is InChI=1S/C13H17F2NO/c14-10-5-4-6-11(15)13(10)12(9-17)16-7-2-1-3-8-16/h4-6,12,17H,1-3,7-9H2/t12-/m0/s1. The fourth-order valence-electron chi connectivity index (χ4n) is 2.45. The number of nitrogens with zero attached hydrogens (tertiary/aromatic N) is 1. The number of piperidine rings is 1. The van der Waals surface area contributed by atoms with E-state index in [1.54, 1.807) is 0 Å². The summed E-state index contributed by atoms with van der Waals surface area (Å²) in [5.74, 6) is -1.15. The molecule has 0 aliphatic carbocycles. The van der Waals surface area contributed by atoms with Gasteiger partial charge >= 0.3 is 0 Å². The van der Waals surface area contributed by atoms with Crippen molar-refractivity contribution in [1.29, 1.82) is 0 Å². The number of rotatable bonds is 3. The van der Waals surface area contributed by atoms with E-state index in [0.717, 1.165) is 32.4 Å². The van der Waals surface area contributed by atoms with Crippen LogP contribution in [0.15, 0.2) is 18.2 Å². The van der Waals surface area contributed by atoms with Crippen LogP contribution >= 0.6 is 0 Å². The Morgan fingerprint density at radius 1 is 1.12 bits per heavy atom. The number of benzene rings is 1. The minimum Gasteiger partial charge on any atom is -0.394 e. The second-order valence-corrected chi connectivity index (χ2v) is 4.43. The summed E-state index contributed by atoms with van der Waals surface area (Å²) in [6, 6.07) is 3.27. The SMILES string of the molecule is OC[C@@H](c1c(F)cccc1F)N1CCCCC1. The first-order valence-electron chi connectivity index (χ1n) is 6.03. The molecule has 0 spiro atoms. The van der Waals surface area contributed by atoms with Gasteiger partial charge < -0.3 is 5.11 Å². The molecule has 0 bridgehead atoms. The fourth-order valence-corrected chi connectivity index (χ4v) is 2.45. The second-order valence-electron chi connectivity index (χ2n) is 4.43. The summed E-state index contributed by atoms with van der Waals surface area (Å²) in [6.45, 7) is 1.33. The molecule has 4 heteroatoms. The predicted molar refractivity (Wildman–Crippen MR) is 61.6 cm³/mol. The van der Waals surface area contributed by atoms with Crippen molar-refractivity contribution in [2.24, 2.45) is 0 Å². The zero-order valence-electron chi connectivity index (χ0n) is 9.70. The Labute approximate surface area is 99.9 Å². The van der Waals surface area contributed by atoms with Crippen LogP contribution in [0.25, 0.3) is 0 Å². The molecule has 1 fully saturated rings. The van der Waals surface area contributed by atoms with Gasteiger partial charge in [0.1, 0.15) is 11.6 Å². The van der Waals surface area contributed by atoms with E-state index in [2.05, 4.69) is 0 Å². The third-order valence-electron chi connectivity index (χ3n) is 3.34. The summed E-state index contributed by atoms with van der Waals surface area (Å²) in [6.07, 6.45) is 3.19. The van der Waals surface area contributed by atoms with Gasteiger partial charge in [0.25, 0.3) is 0 Å². The molecule has 1 aromatic carbocycles. The van der Waals surface area contributed by atoms with E-state index in [1.807, 2.05) is 4.90 Å². The number of aliphatic hydroxyl groups excluding tert-OH is 1. The Hall–Kier alpha value is -1.00. The largest absolute Gasteiger partial charge is 0.394 e. The van der Waals surface area contributed by atoms with Gasteiger partial charge in [0, 0.05) is 5.56 Å². The number of halogens is 2. The van der Waals surface area contributed by atoms with Crippen LogP contribution in [0.5, 0.6) is 0 Å². The Bertz CT molecular complexity index is 357. The van der Waals surface area contributed by atoms with Gasteiger partial charge in [-0.1, -0.05) is 12.5 Å². The normalized spacial score (nSPS) is 19.2. The van der Waals surface area contributed by atoms with E-state index < -0.39 is 17.7 Å². The zero-order chi connectivity index (χ0) is 12.3. The lowest BCUT2D eigenvalue weighted by atomic mass is 10.0. The topological polar surface area (TPSA) is 23.5 Å². The monoisotopic (exact) mass is 241 g/mol. The lowest BCUT2D eigenvalue weighted by Crippen LogP contribution is -2.36. The molecular weight excluding hydrogens is 224 g/mol. The molecule has 1 atom stereocenters. The average Bonchev–Trinajstić information content (AvgIpc) is 2.35. The van der Waals surface area contributed by atoms with E-state index in [9.17, 15) is 13.9 Å². The van der Waals surface area contributed by atoms with Crippen molar-refractivity contribution in [3.63, 3.8) is 0 Å². The van der Waals surface area contributed by atoms with Gasteiger partial charge in [-0.25, -0.2) is 8.78 Å². The second kappa shape index (κ2) is 5.56. The molecule has 0 amide bonds. The van der Waals surface area contributed by atoms with Gasteiger partial charge in [-0.05, 0) is 38.1 Å². The van der Waals surface area contributed by atoms with E-state index >= 15 is 0 Å².